The number of nitrogens with zero attached hydrogens (tertiary/aromatic N) is 4. The van der Waals surface area contributed by atoms with Crippen LogP contribution in [0.15, 0.2) is 84.2 Å². The first kappa shape index (κ1) is 41.8. The van der Waals surface area contributed by atoms with Crippen LogP contribution in [0.4, 0.5) is 17.1 Å². The molecule has 2 aliphatic rings. The first-order valence-corrected chi connectivity index (χ1v) is 21.3. The Morgan fingerprint density at radius 3 is 1.70 bits per heavy atom. The van der Waals surface area contributed by atoms with E-state index < -0.39 is 58.1 Å². The van der Waals surface area contributed by atoms with Crippen molar-refractivity contribution in [2.75, 3.05) is 82.3 Å². The molecule has 15 heteroatoms. The molecule has 5 rings (SSSR count). The number of benzene rings is 3. The third-order valence-electron chi connectivity index (χ3n) is 9.87. The summed E-state index contributed by atoms with van der Waals surface area (Å²) in [6.45, 7) is 4.00. The second-order valence-electron chi connectivity index (χ2n) is 14.9. The first-order chi connectivity index (χ1) is 26.9. The third-order valence-corrected chi connectivity index (χ3v) is 13.4. The maximum absolute atomic E-state index is 12.0. The zero-order chi connectivity index (χ0) is 41.8. The summed E-state index contributed by atoms with van der Waals surface area (Å²) in [4.78, 5) is 52.5. The highest BCUT2D eigenvalue weighted by Crippen LogP contribution is 2.37. The van der Waals surface area contributed by atoms with Crippen molar-refractivity contribution in [3.63, 3.8) is 0 Å². The van der Waals surface area contributed by atoms with Crippen molar-refractivity contribution in [3.05, 3.63) is 101 Å². The minimum atomic E-state index is -2.26. The Labute approximate surface area is 332 Å². The van der Waals surface area contributed by atoms with E-state index in [1.54, 1.807) is 30.4 Å². The number of anilines is 3. The predicted molar refractivity (Wildman–Crippen MR) is 222 cm³/mol. The highest BCUT2D eigenvalue weighted by molar-refractivity contribution is 7.02. The molecule has 0 aromatic heterocycles. The Morgan fingerprint density at radius 1 is 0.684 bits per heavy atom. The molecule has 0 unspecified atom stereocenters. The summed E-state index contributed by atoms with van der Waals surface area (Å²) in [5, 5.41) is 41.0. The molecule has 0 radical (unpaired) electrons. The Bertz CT molecular complexity index is 2140. The molecule has 0 spiro atoms. The van der Waals surface area contributed by atoms with Crippen LogP contribution >= 0.6 is 0 Å². The van der Waals surface area contributed by atoms with Crippen LogP contribution in [0.1, 0.15) is 16.7 Å². The molecular formula is C42H49N4O10Si+. The predicted octanol–water partition coefficient (Wildman–Crippen LogP) is 3.21. The number of fused-ring (bicyclic) bond motifs is 2. The molecule has 3 aromatic rings. The lowest BCUT2D eigenvalue weighted by atomic mass is 9.89. The van der Waals surface area contributed by atoms with E-state index in [0.29, 0.717) is 0 Å². The fourth-order valence-electron chi connectivity index (χ4n) is 7.15. The van der Waals surface area contributed by atoms with Gasteiger partial charge >= 0.3 is 23.9 Å². The maximum Gasteiger partial charge on any atom is 0.369 e. The number of rotatable bonds is 16. The van der Waals surface area contributed by atoms with Crippen molar-refractivity contribution < 1.29 is 53.7 Å². The van der Waals surface area contributed by atoms with Gasteiger partial charge in [0, 0.05) is 45.6 Å². The van der Waals surface area contributed by atoms with Crippen molar-refractivity contribution in [3.8, 4) is 5.75 Å². The van der Waals surface area contributed by atoms with Crippen molar-refractivity contribution >= 4 is 70.7 Å². The molecule has 0 bridgehead atoms. The van der Waals surface area contributed by atoms with Crippen LogP contribution in [0.2, 0.25) is 13.1 Å². The van der Waals surface area contributed by atoms with Gasteiger partial charge in [0.25, 0.3) is 0 Å². The number of allylic oxidation sites excluding steroid dienone is 4. The number of hydrogen-bond acceptors (Lipinski definition) is 9. The second kappa shape index (κ2) is 17.2. The van der Waals surface area contributed by atoms with Gasteiger partial charge < -0.3 is 44.6 Å². The van der Waals surface area contributed by atoms with Crippen LogP contribution in [0, 0.1) is 6.92 Å². The topological polar surface area (TPSA) is 180 Å². The molecule has 0 atom stereocenters. The summed E-state index contributed by atoms with van der Waals surface area (Å²) in [5.74, 6) is -4.39. The van der Waals surface area contributed by atoms with Gasteiger partial charge in [-0.05, 0) is 93.7 Å². The van der Waals surface area contributed by atoms with E-state index in [-0.39, 0.29) is 36.1 Å². The lowest BCUT2D eigenvalue weighted by Gasteiger charge is -2.37. The number of aliphatic carboxylic acids is 4. The zero-order valence-electron chi connectivity index (χ0n) is 33.2. The summed E-state index contributed by atoms with van der Waals surface area (Å²) in [5.41, 5.74) is 7.34. The number of aryl methyl sites for hydroxylation is 1. The van der Waals surface area contributed by atoms with Gasteiger partial charge in [0.05, 0.1) is 5.69 Å². The molecule has 0 saturated heterocycles. The number of ether oxygens (including phenoxy) is 2. The molecule has 300 valence electrons. The normalized spacial score (nSPS) is 13.9. The molecule has 1 heterocycles. The van der Waals surface area contributed by atoms with E-state index >= 15 is 0 Å². The van der Waals surface area contributed by atoms with Crippen molar-refractivity contribution in [2.45, 2.75) is 20.0 Å². The largest absolute Gasteiger partial charge is 0.488 e. The fraction of sp³-hybridized carbons (Fsp3) is 0.310. The number of carbonyl (C=O) groups is 4. The monoisotopic (exact) mass is 797 g/mol. The van der Waals surface area contributed by atoms with Gasteiger partial charge in [-0.25, -0.2) is 14.2 Å². The molecule has 0 amide bonds. The van der Waals surface area contributed by atoms with Gasteiger partial charge in [0.1, 0.15) is 40.1 Å². The van der Waals surface area contributed by atoms with Gasteiger partial charge in [-0.15, -0.1) is 0 Å². The van der Waals surface area contributed by atoms with E-state index in [1.165, 1.54) is 19.8 Å². The van der Waals surface area contributed by atoms with E-state index in [4.69, 9.17) is 9.47 Å². The van der Waals surface area contributed by atoms with Gasteiger partial charge in [-0.1, -0.05) is 31.3 Å². The van der Waals surface area contributed by atoms with E-state index in [2.05, 4.69) is 59.3 Å². The Kier molecular flexibility index (Phi) is 12.6. The van der Waals surface area contributed by atoms with E-state index in [0.717, 1.165) is 39.2 Å². The standard InChI is InChI=1S/C42H48N4O10Si/c1-26-8-14-32(45(22-38(47)48)23-39(49)50)34(18-26)55-16-17-56-35-19-27(9-15-33(35)46(24-40(51)52)25-41(53)54)42-30-12-10-28(43(2)3)20-36(30)57(6,7)37-21-29(44(4)5)11-13-31(37)42/h8-15,18-21H,16-17,22-25H2,1-7H3,(H3-,47,48,49,50,51,52,53,54)/p+1. The second-order valence-corrected chi connectivity index (χ2v) is 19.2. The van der Waals surface area contributed by atoms with Crippen LogP contribution in [-0.2, 0) is 23.9 Å². The smallest absolute Gasteiger partial charge is 0.369 e. The van der Waals surface area contributed by atoms with E-state index in [1.807, 2.05) is 41.2 Å². The van der Waals surface area contributed by atoms with Crippen LogP contribution in [0.25, 0.3) is 5.57 Å². The van der Waals surface area contributed by atoms with Gasteiger partial charge in [-0.2, -0.15) is 0 Å². The molecule has 57 heavy (non-hydrogen) atoms. The van der Waals surface area contributed by atoms with Gasteiger partial charge in [0.15, 0.2) is 5.76 Å². The molecule has 1 aliphatic heterocycles. The number of carboxylic acid groups (broad SMARTS) is 4. The number of carboxylic acids is 4. The van der Waals surface area contributed by atoms with Crippen LogP contribution in [-0.4, -0.2) is 130 Å². The van der Waals surface area contributed by atoms with Crippen LogP contribution in [0.5, 0.6) is 5.75 Å². The summed E-state index contributed by atoms with van der Waals surface area (Å²) in [7, 11) is 5.78. The Hall–Kier alpha value is -6.35. The summed E-state index contributed by atoms with van der Waals surface area (Å²) in [6.07, 6.45) is 5.34. The highest BCUT2D eigenvalue weighted by atomic mass is 28.3. The molecular weight excluding hydrogens is 749 g/mol. The Morgan fingerprint density at radius 2 is 1.21 bits per heavy atom. The lowest BCUT2D eigenvalue weighted by Crippen LogP contribution is -2.58. The minimum Gasteiger partial charge on any atom is -0.488 e. The average molecular weight is 798 g/mol. The summed E-state index contributed by atoms with van der Waals surface area (Å²) in [6, 6.07) is 17.9. The SMILES string of the molecule is Cc1ccc(N(CC(=O)O)CC(=O)O)c(OCCOC2=CC(=C3c4ccc(N(C)C)cc4[Si](C)(C)c4cc(N(C)C)ccc43)C=CC2=[N+](CC(=O)O)CC(=O)O)c1. The first-order valence-electron chi connectivity index (χ1n) is 18.3. The molecule has 14 nitrogen and oxygen atoms in total. The molecule has 4 N–H and O–H groups in total. The Balaban J connectivity index is 1.62. The van der Waals surface area contributed by atoms with Crippen molar-refractivity contribution in [1.29, 1.82) is 0 Å². The van der Waals surface area contributed by atoms with Crippen LogP contribution in [0.3, 0.4) is 0 Å². The molecule has 0 fully saturated rings. The summed E-state index contributed by atoms with van der Waals surface area (Å²) >= 11 is 0. The molecule has 1 aliphatic carbocycles. The zero-order valence-corrected chi connectivity index (χ0v) is 34.2. The van der Waals surface area contributed by atoms with Crippen LogP contribution < -0.4 is 29.8 Å². The van der Waals surface area contributed by atoms with Gasteiger partial charge in [-0.3, -0.25) is 9.59 Å². The third kappa shape index (κ3) is 9.55. The van der Waals surface area contributed by atoms with Gasteiger partial charge in [0.2, 0.25) is 18.8 Å². The van der Waals surface area contributed by atoms with Crippen molar-refractivity contribution in [1.82, 2.24) is 0 Å². The minimum absolute atomic E-state index is 0.0748. The number of hydrogen-bond donors (Lipinski definition) is 4. The quantitative estimate of drug-likeness (QED) is 0.0944. The highest BCUT2D eigenvalue weighted by Gasteiger charge is 2.39. The fourth-order valence-corrected chi connectivity index (χ4v) is 10.2. The molecule has 0 saturated carbocycles. The average Bonchev–Trinajstić information content (AvgIpc) is 3.12. The molecule has 3 aromatic carbocycles. The summed E-state index contributed by atoms with van der Waals surface area (Å²) < 4.78 is 13.6. The lowest BCUT2D eigenvalue weighted by molar-refractivity contribution is -0.508. The maximum atomic E-state index is 12.0. The van der Waals surface area contributed by atoms with Crippen molar-refractivity contribution in [2.24, 2.45) is 0 Å². The van der Waals surface area contributed by atoms with E-state index in [9.17, 15) is 39.6 Å².